The molecule has 0 unspecified atom stereocenters. The Morgan fingerprint density at radius 3 is 2.90 bits per heavy atom. The number of ether oxygens (including phenoxy) is 2. The van der Waals surface area contributed by atoms with E-state index in [1.54, 1.807) is 24.4 Å². The normalized spacial score (nSPS) is 10.8. The Balaban J connectivity index is 1.66. The van der Waals surface area contributed by atoms with E-state index in [1.165, 1.54) is 0 Å². The van der Waals surface area contributed by atoms with Gasteiger partial charge >= 0.3 is 0 Å². The number of terminal acetylenes is 1. The van der Waals surface area contributed by atoms with Crippen LogP contribution in [0.2, 0.25) is 0 Å². The van der Waals surface area contributed by atoms with Gasteiger partial charge in [0.05, 0.1) is 23.9 Å². The molecule has 0 radical (unpaired) electrons. The van der Waals surface area contributed by atoms with E-state index in [4.69, 9.17) is 15.9 Å². The van der Waals surface area contributed by atoms with Crippen molar-refractivity contribution in [3.8, 4) is 23.8 Å². The van der Waals surface area contributed by atoms with Crippen molar-refractivity contribution in [2.75, 3.05) is 13.2 Å². The number of hydrazone groups is 1. The zero-order valence-electron chi connectivity index (χ0n) is 16.4. The summed E-state index contributed by atoms with van der Waals surface area (Å²) in [5.41, 5.74) is 5.07. The van der Waals surface area contributed by atoms with E-state index in [0.717, 1.165) is 22.4 Å². The standard InChI is InChI=1S/C22H22N4O3/c1-4-12-29-20-11-10-17(13-21(20)28-5-2)14-23-25-22(27)15-26-16(3)24-18-8-6-7-9-19(18)26/h1,6-11,13-14H,5,12,15H2,2-3H3,(H,25,27)/b23-14-. The van der Waals surface area contributed by atoms with E-state index >= 15 is 0 Å². The van der Waals surface area contributed by atoms with Crippen molar-refractivity contribution in [2.24, 2.45) is 5.10 Å². The summed E-state index contributed by atoms with van der Waals surface area (Å²) in [7, 11) is 0. The van der Waals surface area contributed by atoms with Crippen LogP contribution >= 0.6 is 0 Å². The number of para-hydroxylation sites is 2. The minimum Gasteiger partial charge on any atom is -0.490 e. The van der Waals surface area contributed by atoms with Gasteiger partial charge in [-0.1, -0.05) is 18.1 Å². The Morgan fingerprint density at radius 1 is 1.28 bits per heavy atom. The fraction of sp³-hybridized carbons (Fsp3) is 0.227. The van der Waals surface area contributed by atoms with Crippen LogP contribution in [0.25, 0.3) is 11.0 Å². The number of amides is 1. The number of aryl methyl sites for hydroxylation is 1. The second kappa shape index (κ2) is 9.42. The summed E-state index contributed by atoms with van der Waals surface area (Å²) < 4.78 is 12.9. The van der Waals surface area contributed by atoms with Gasteiger partial charge in [0.1, 0.15) is 19.0 Å². The van der Waals surface area contributed by atoms with E-state index in [0.29, 0.717) is 18.1 Å². The molecule has 7 heteroatoms. The maximum absolute atomic E-state index is 12.3. The Bertz CT molecular complexity index is 1080. The predicted octanol–water partition coefficient (Wildman–Crippen LogP) is 2.91. The van der Waals surface area contributed by atoms with Crippen molar-refractivity contribution < 1.29 is 14.3 Å². The number of nitrogens with zero attached hydrogens (tertiary/aromatic N) is 3. The third-order valence-corrected chi connectivity index (χ3v) is 4.13. The highest BCUT2D eigenvalue weighted by Crippen LogP contribution is 2.28. The number of hydrogen-bond acceptors (Lipinski definition) is 5. The molecular formula is C22H22N4O3. The Morgan fingerprint density at radius 2 is 2.10 bits per heavy atom. The summed E-state index contributed by atoms with van der Waals surface area (Å²) in [5.74, 6) is 4.08. The third-order valence-electron chi connectivity index (χ3n) is 4.13. The lowest BCUT2D eigenvalue weighted by atomic mass is 10.2. The summed E-state index contributed by atoms with van der Waals surface area (Å²) in [5, 5.41) is 4.04. The third kappa shape index (κ3) is 4.93. The summed E-state index contributed by atoms with van der Waals surface area (Å²) in [6.07, 6.45) is 6.78. The zero-order valence-corrected chi connectivity index (χ0v) is 16.4. The van der Waals surface area contributed by atoms with Gasteiger partial charge in [-0.25, -0.2) is 10.4 Å². The molecule has 0 aliphatic rings. The van der Waals surface area contributed by atoms with Crippen molar-refractivity contribution in [1.82, 2.24) is 15.0 Å². The molecule has 2 aromatic carbocycles. The molecular weight excluding hydrogens is 368 g/mol. The molecule has 0 atom stereocenters. The Hall–Kier alpha value is -3.79. The van der Waals surface area contributed by atoms with Crippen LogP contribution in [0, 0.1) is 19.3 Å². The molecule has 1 amide bonds. The summed E-state index contributed by atoms with van der Waals surface area (Å²) in [4.78, 5) is 16.8. The molecule has 148 valence electrons. The number of hydrogen-bond donors (Lipinski definition) is 1. The first-order valence-electron chi connectivity index (χ1n) is 9.19. The first kappa shape index (κ1) is 20.0. The monoisotopic (exact) mass is 390 g/mol. The van der Waals surface area contributed by atoms with Crippen LogP contribution in [0.15, 0.2) is 47.6 Å². The number of benzene rings is 2. The number of carbonyl (C=O) groups excluding carboxylic acids is 1. The average Bonchev–Trinajstić information content (AvgIpc) is 3.03. The quantitative estimate of drug-likeness (QED) is 0.364. The SMILES string of the molecule is C#CCOc1ccc(/C=N\NC(=O)Cn2c(C)nc3ccccc32)cc1OCC. The predicted molar refractivity (Wildman–Crippen MR) is 112 cm³/mol. The van der Waals surface area contributed by atoms with Crippen molar-refractivity contribution in [1.29, 1.82) is 0 Å². The van der Waals surface area contributed by atoms with Gasteiger partial charge < -0.3 is 14.0 Å². The molecule has 7 nitrogen and oxygen atoms in total. The Kier molecular flexibility index (Phi) is 6.48. The van der Waals surface area contributed by atoms with Crippen LogP contribution in [0.3, 0.4) is 0 Å². The van der Waals surface area contributed by atoms with Crippen LogP contribution < -0.4 is 14.9 Å². The maximum atomic E-state index is 12.3. The topological polar surface area (TPSA) is 77.7 Å². The van der Waals surface area contributed by atoms with Crippen LogP contribution in [-0.4, -0.2) is 34.9 Å². The number of rotatable bonds is 8. The maximum Gasteiger partial charge on any atom is 0.260 e. The fourth-order valence-electron chi connectivity index (χ4n) is 2.87. The fourth-order valence-corrected chi connectivity index (χ4v) is 2.87. The van der Waals surface area contributed by atoms with E-state index in [2.05, 4.69) is 21.4 Å². The molecule has 0 fully saturated rings. The van der Waals surface area contributed by atoms with Gasteiger partial charge in [0, 0.05) is 0 Å². The molecule has 29 heavy (non-hydrogen) atoms. The van der Waals surface area contributed by atoms with Crippen molar-refractivity contribution in [3.63, 3.8) is 0 Å². The van der Waals surface area contributed by atoms with E-state index in [9.17, 15) is 4.79 Å². The molecule has 0 bridgehead atoms. The average molecular weight is 390 g/mol. The smallest absolute Gasteiger partial charge is 0.260 e. The van der Waals surface area contributed by atoms with E-state index in [1.807, 2.05) is 42.7 Å². The number of fused-ring (bicyclic) bond motifs is 1. The van der Waals surface area contributed by atoms with Crippen LogP contribution in [0.4, 0.5) is 0 Å². The highest BCUT2D eigenvalue weighted by molar-refractivity contribution is 5.84. The van der Waals surface area contributed by atoms with Gasteiger partial charge in [-0.15, -0.1) is 6.42 Å². The van der Waals surface area contributed by atoms with Gasteiger partial charge in [-0.3, -0.25) is 4.79 Å². The molecule has 1 heterocycles. The molecule has 0 saturated heterocycles. The number of nitrogens with one attached hydrogen (secondary N) is 1. The molecule has 0 spiro atoms. The molecule has 1 aromatic heterocycles. The zero-order chi connectivity index (χ0) is 20.6. The number of aromatic nitrogens is 2. The van der Waals surface area contributed by atoms with Crippen molar-refractivity contribution >= 4 is 23.2 Å². The van der Waals surface area contributed by atoms with E-state index in [-0.39, 0.29) is 19.1 Å². The lowest BCUT2D eigenvalue weighted by molar-refractivity contribution is -0.121. The highest BCUT2D eigenvalue weighted by atomic mass is 16.5. The molecule has 1 N–H and O–H groups in total. The van der Waals surface area contributed by atoms with Gasteiger partial charge in [0.25, 0.3) is 5.91 Å². The molecule has 0 saturated carbocycles. The molecule has 3 rings (SSSR count). The van der Waals surface area contributed by atoms with E-state index < -0.39 is 0 Å². The number of imidazole rings is 1. The van der Waals surface area contributed by atoms with Crippen LogP contribution in [0.1, 0.15) is 18.3 Å². The highest BCUT2D eigenvalue weighted by Gasteiger charge is 2.10. The van der Waals surface area contributed by atoms with Gasteiger partial charge in [0.2, 0.25) is 0 Å². The second-order valence-electron chi connectivity index (χ2n) is 6.16. The summed E-state index contributed by atoms with van der Waals surface area (Å²) in [6, 6.07) is 13.0. The van der Waals surface area contributed by atoms with Crippen molar-refractivity contribution in [3.05, 3.63) is 53.9 Å². The van der Waals surface area contributed by atoms with Gasteiger partial charge in [0.15, 0.2) is 11.5 Å². The minimum atomic E-state index is -0.244. The molecule has 0 aliphatic carbocycles. The van der Waals surface area contributed by atoms with Crippen LogP contribution in [-0.2, 0) is 11.3 Å². The number of carbonyl (C=O) groups is 1. The first-order chi connectivity index (χ1) is 14.1. The van der Waals surface area contributed by atoms with Crippen LogP contribution in [0.5, 0.6) is 11.5 Å². The second-order valence-corrected chi connectivity index (χ2v) is 6.16. The van der Waals surface area contributed by atoms with Gasteiger partial charge in [-0.05, 0) is 49.7 Å². The minimum absolute atomic E-state index is 0.132. The largest absolute Gasteiger partial charge is 0.490 e. The first-order valence-corrected chi connectivity index (χ1v) is 9.19. The van der Waals surface area contributed by atoms with Crippen molar-refractivity contribution in [2.45, 2.75) is 20.4 Å². The summed E-state index contributed by atoms with van der Waals surface area (Å²) >= 11 is 0. The lowest BCUT2D eigenvalue weighted by Gasteiger charge is -2.10. The summed E-state index contributed by atoms with van der Waals surface area (Å²) in [6.45, 7) is 4.53. The lowest BCUT2D eigenvalue weighted by Crippen LogP contribution is -2.23. The molecule has 3 aromatic rings. The van der Waals surface area contributed by atoms with Gasteiger partial charge in [-0.2, -0.15) is 5.10 Å². The molecule has 0 aliphatic heterocycles. The Labute approximate surface area is 169 Å².